The molecule has 0 heterocycles. The van der Waals surface area contributed by atoms with Crippen molar-refractivity contribution in [3.8, 4) is 23.0 Å². The first-order chi connectivity index (χ1) is 20.8. The van der Waals surface area contributed by atoms with Crippen molar-refractivity contribution in [1.82, 2.24) is 0 Å². The van der Waals surface area contributed by atoms with Gasteiger partial charge in [0.15, 0.2) is 0 Å². The van der Waals surface area contributed by atoms with E-state index in [9.17, 15) is 0 Å². The van der Waals surface area contributed by atoms with Gasteiger partial charge in [-0.05, 0) is 153 Å². The first kappa shape index (κ1) is 31.5. The Kier molecular flexibility index (Phi) is 8.75. The van der Waals surface area contributed by atoms with E-state index in [1.54, 1.807) is 0 Å². The number of anilines is 2. The molecule has 0 bridgehead atoms. The van der Waals surface area contributed by atoms with Crippen LogP contribution in [0.4, 0.5) is 11.4 Å². The standard InChI is InChI=1S/C40H50N2O2/c1-23(2)35-13-10-24(3)22-40(35,31-16-27(6)38(28(7)17-31)43-33-11-14-36(41)25(4)20-33)32-18-29(8)39(30(9)19-32)44-34-12-15-37(42)26(5)21-34/h11-12,14-21,23-24,35H,10,13,22,41-42H2,1-9H3. The molecule has 4 nitrogen and oxygen atoms in total. The molecule has 0 spiro atoms. The van der Waals surface area contributed by atoms with Crippen LogP contribution in [-0.2, 0) is 5.41 Å². The Labute approximate surface area is 264 Å². The second kappa shape index (κ2) is 12.2. The molecular formula is C40H50N2O2. The van der Waals surface area contributed by atoms with Gasteiger partial charge in [0, 0.05) is 16.8 Å². The molecule has 4 aromatic carbocycles. The zero-order chi connectivity index (χ0) is 31.9. The van der Waals surface area contributed by atoms with Crippen molar-refractivity contribution in [3.05, 3.63) is 105 Å². The predicted octanol–water partition coefficient (Wildman–Crippen LogP) is 10.7. The molecule has 2 unspecified atom stereocenters. The van der Waals surface area contributed by atoms with Gasteiger partial charge in [0.05, 0.1) is 0 Å². The number of nitrogen functional groups attached to an aromatic ring is 2. The van der Waals surface area contributed by atoms with Gasteiger partial charge in [0.2, 0.25) is 0 Å². The third kappa shape index (κ3) is 5.92. The molecule has 4 heteroatoms. The van der Waals surface area contributed by atoms with E-state index in [-0.39, 0.29) is 5.41 Å². The van der Waals surface area contributed by atoms with Crippen LogP contribution in [0.3, 0.4) is 0 Å². The van der Waals surface area contributed by atoms with Gasteiger partial charge in [-0.2, -0.15) is 0 Å². The Balaban J connectivity index is 1.63. The first-order valence-corrected chi connectivity index (χ1v) is 16.1. The van der Waals surface area contributed by atoms with Crippen molar-refractivity contribution >= 4 is 11.4 Å². The van der Waals surface area contributed by atoms with Gasteiger partial charge in [-0.1, -0.05) is 51.5 Å². The number of aryl methyl sites for hydroxylation is 6. The van der Waals surface area contributed by atoms with Crippen LogP contribution in [0.1, 0.15) is 84.5 Å². The van der Waals surface area contributed by atoms with E-state index in [0.29, 0.717) is 17.8 Å². The lowest BCUT2D eigenvalue weighted by Gasteiger charge is -2.50. The number of hydrogen-bond donors (Lipinski definition) is 2. The third-order valence-corrected chi connectivity index (χ3v) is 9.95. The fourth-order valence-electron chi connectivity index (χ4n) is 7.64. The maximum atomic E-state index is 6.50. The van der Waals surface area contributed by atoms with Crippen molar-refractivity contribution in [2.24, 2.45) is 17.8 Å². The summed E-state index contributed by atoms with van der Waals surface area (Å²) in [7, 11) is 0. The maximum Gasteiger partial charge on any atom is 0.133 e. The van der Waals surface area contributed by atoms with Crippen molar-refractivity contribution < 1.29 is 9.47 Å². The van der Waals surface area contributed by atoms with Gasteiger partial charge < -0.3 is 20.9 Å². The van der Waals surface area contributed by atoms with E-state index in [2.05, 4.69) is 72.7 Å². The zero-order valence-corrected chi connectivity index (χ0v) is 28.1. The minimum Gasteiger partial charge on any atom is -0.457 e. The van der Waals surface area contributed by atoms with Gasteiger partial charge in [0.25, 0.3) is 0 Å². The molecule has 1 aliphatic carbocycles. The van der Waals surface area contributed by atoms with Crippen LogP contribution in [-0.4, -0.2) is 0 Å². The molecule has 1 fully saturated rings. The molecule has 232 valence electrons. The summed E-state index contributed by atoms with van der Waals surface area (Å²) in [4.78, 5) is 0. The Hall–Kier alpha value is -3.92. The zero-order valence-electron chi connectivity index (χ0n) is 28.1. The fourth-order valence-corrected chi connectivity index (χ4v) is 7.64. The summed E-state index contributed by atoms with van der Waals surface area (Å²) in [5.74, 6) is 5.14. The van der Waals surface area contributed by atoms with Gasteiger partial charge in [0.1, 0.15) is 23.0 Å². The van der Waals surface area contributed by atoms with E-state index in [0.717, 1.165) is 74.2 Å². The number of nitrogens with two attached hydrogens (primary N) is 2. The summed E-state index contributed by atoms with van der Waals surface area (Å²) in [6.07, 6.45) is 3.58. The molecule has 4 N–H and O–H groups in total. The molecule has 2 atom stereocenters. The molecule has 0 amide bonds. The third-order valence-electron chi connectivity index (χ3n) is 9.95. The summed E-state index contributed by atoms with van der Waals surface area (Å²) in [5, 5.41) is 0. The van der Waals surface area contributed by atoms with Crippen LogP contribution in [0.5, 0.6) is 23.0 Å². The van der Waals surface area contributed by atoms with Crippen molar-refractivity contribution in [3.63, 3.8) is 0 Å². The fraction of sp³-hybridized carbons (Fsp3) is 0.400. The Morgan fingerprint density at radius 1 is 0.614 bits per heavy atom. The van der Waals surface area contributed by atoms with Crippen LogP contribution in [0.2, 0.25) is 0 Å². The van der Waals surface area contributed by atoms with E-state index in [4.69, 9.17) is 20.9 Å². The topological polar surface area (TPSA) is 70.5 Å². The molecule has 0 saturated heterocycles. The highest BCUT2D eigenvalue weighted by atomic mass is 16.5. The van der Waals surface area contributed by atoms with Crippen LogP contribution in [0.15, 0.2) is 60.7 Å². The molecule has 0 aromatic heterocycles. The minimum absolute atomic E-state index is 0.122. The van der Waals surface area contributed by atoms with Crippen molar-refractivity contribution in [1.29, 1.82) is 0 Å². The largest absolute Gasteiger partial charge is 0.457 e. The quantitative estimate of drug-likeness (QED) is 0.210. The molecule has 0 radical (unpaired) electrons. The molecule has 0 aliphatic heterocycles. The van der Waals surface area contributed by atoms with Crippen LogP contribution in [0, 0.1) is 59.3 Å². The van der Waals surface area contributed by atoms with Crippen LogP contribution < -0.4 is 20.9 Å². The Morgan fingerprint density at radius 2 is 1.02 bits per heavy atom. The van der Waals surface area contributed by atoms with E-state index < -0.39 is 0 Å². The lowest BCUT2D eigenvalue weighted by molar-refractivity contribution is 0.135. The average Bonchev–Trinajstić information content (AvgIpc) is 2.95. The van der Waals surface area contributed by atoms with Gasteiger partial charge in [-0.3, -0.25) is 0 Å². The molecule has 5 rings (SSSR count). The first-order valence-electron chi connectivity index (χ1n) is 16.1. The smallest absolute Gasteiger partial charge is 0.133 e. The lowest BCUT2D eigenvalue weighted by atomic mass is 9.54. The predicted molar refractivity (Wildman–Crippen MR) is 185 cm³/mol. The van der Waals surface area contributed by atoms with Crippen molar-refractivity contribution in [2.75, 3.05) is 11.5 Å². The van der Waals surface area contributed by atoms with E-state index >= 15 is 0 Å². The normalized spacial score (nSPS) is 18.0. The maximum absolute atomic E-state index is 6.50. The highest BCUT2D eigenvalue weighted by Crippen LogP contribution is 2.55. The summed E-state index contributed by atoms with van der Waals surface area (Å²) in [5.41, 5.74) is 23.0. The number of hydrogen-bond acceptors (Lipinski definition) is 4. The lowest BCUT2D eigenvalue weighted by Crippen LogP contribution is -2.44. The summed E-state index contributed by atoms with van der Waals surface area (Å²) >= 11 is 0. The van der Waals surface area contributed by atoms with Gasteiger partial charge in [-0.25, -0.2) is 0 Å². The van der Waals surface area contributed by atoms with Crippen LogP contribution in [0.25, 0.3) is 0 Å². The summed E-state index contributed by atoms with van der Waals surface area (Å²) in [6.45, 7) is 20.0. The molecule has 1 aliphatic rings. The highest BCUT2D eigenvalue weighted by Gasteiger charge is 2.47. The van der Waals surface area contributed by atoms with Gasteiger partial charge in [-0.15, -0.1) is 0 Å². The summed E-state index contributed by atoms with van der Waals surface area (Å²) < 4.78 is 13.0. The highest BCUT2D eigenvalue weighted by molar-refractivity contribution is 5.57. The molecule has 4 aromatic rings. The van der Waals surface area contributed by atoms with Crippen molar-refractivity contribution in [2.45, 2.75) is 87.0 Å². The number of rotatable bonds is 7. The van der Waals surface area contributed by atoms with E-state index in [1.807, 2.05) is 50.2 Å². The minimum atomic E-state index is -0.122. The number of benzene rings is 4. The Bertz CT molecular complexity index is 1530. The number of ether oxygens (including phenoxy) is 2. The monoisotopic (exact) mass is 590 g/mol. The second-order valence-electron chi connectivity index (χ2n) is 13.8. The SMILES string of the molecule is Cc1cc(Oc2c(C)cc(C3(c4cc(C)c(Oc5ccc(N)c(C)c5)c(C)c4)CC(C)CCC3C(C)C)cc2C)ccc1N. The average molecular weight is 591 g/mol. The molecular weight excluding hydrogens is 540 g/mol. The Morgan fingerprint density at radius 3 is 1.39 bits per heavy atom. The molecule has 1 saturated carbocycles. The second-order valence-corrected chi connectivity index (χ2v) is 13.8. The summed E-state index contributed by atoms with van der Waals surface area (Å²) in [6, 6.07) is 21.4. The van der Waals surface area contributed by atoms with Gasteiger partial charge >= 0.3 is 0 Å². The van der Waals surface area contributed by atoms with E-state index in [1.165, 1.54) is 24.0 Å². The van der Waals surface area contributed by atoms with Crippen LogP contribution >= 0.6 is 0 Å². The molecule has 44 heavy (non-hydrogen) atoms.